The number of halogens is 5. The van der Waals surface area contributed by atoms with Crippen LogP contribution in [-0.4, -0.2) is 42.0 Å². The lowest BCUT2D eigenvalue weighted by Gasteiger charge is -2.37. The normalized spacial score (nSPS) is 21.3. The third kappa shape index (κ3) is 4.76. The van der Waals surface area contributed by atoms with Gasteiger partial charge in [0, 0.05) is 29.6 Å². The van der Waals surface area contributed by atoms with E-state index in [-0.39, 0.29) is 28.4 Å². The van der Waals surface area contributed by atoms with Gasteiger partial charge in [-0.05, 0) is 68.7 Å². The van der Waals surface area contributed by atoms with Crippen molar-refractivity contribution in [3.8, 4) is 5.75 Å². The quantitative estimate of drug-likeness (QED) is 0.497. The van der Waals surface area contributed by atoms with Crippen LogP contribution in [0.25, 0.3) is 0 Å². The number of hydrogen-bond donors (Lipinski definition) is 1. The number of amides is 1. The highest BCUT2D eigenvalue weighted by Gasteiger charge is 2.47. The smallest absolute Gasteiger partial charge is 0.433 e. The average molecular weight is 537 g/mol. The van der Waals surface area contributed by atoms with Crippen LogP contribution in [-0.2, 0) is 11.0 Å². The molecule has 3 fully saturated rings. The monoisotopic (exact) mass is 536 g/mol. The second-order valence-corrected chi connectivity index (χ2v) is 10.8. The number of benzene rings is 1. The summed E-state index contributed by atoms with van der Waals surface area (Å²) in [6.45, 7) is 1.26. The van der Waals surface area contributed by atoms with Crippen LogP contribution in [0.3, 0.4) is 0 Å². The Morgan fingerprint density at radius 1 is 1.14 bits per heavy atom. The van der Waals surface area contributed by atoms with Gasteiger partial charge in [0.05, 0.1) is 18.0 Å². The number of carbonyl (C=O) groups is 1. The summed E-state index contributed by atoms with van der Waals surface area (Å²) in [5, 5.41) is 3.06. The fourth-order valence-corrected chi connectivity index (χ4v) is 5.21. The van der Waals surface area contributed by atoms with Gasteiger partial charge in [-0.3, -0.25) is 9.79 Å². The molecule has 2 aliphatic heterocycles. The average Bonchev–Trinajstić information content (AvgIpc) is 3.77. The minimum atomic E-state index is -4.54. The van der Waals surface area contributed by atoms with E-state index in [0.29, 0.717) is 55.4 Å². The summed E-state index contributed by atoms with van der Waals surface area (Å²) < 4.78 is 60.3. The molecule has 2 aromatic rings. The second-order valence-electron chi connectivity index (χ2n) is 10.3. The summed E-state index contributed by atoms with van der Waals surface area (Å²) in [5.74, 6) is 0.00175. The van der Waals surface area contributed by atoms with Crippen LogP contribution in [0.5, 0.6) is 5.75 Å². The molecule has 4 aliphatic rings. The summed E-state index contributed by atoms with van der Waals surface area (Å²) in [5.41, 5.74) is -0.668. The number of pyridine rings is 1. The van der Waals surface area contributed by atoms with Crippen molar-refractivity contribution in [3.63, 3.8) is 0 Å². The van der Waals surface area contributed by atoms with Gasteiger partial charge in [0.25, 0.3) is 5.91 Å². The number of aliphatic imine (C=N–C) groups is 1. The molecule has 1 saturated heterocycles. The van der Waals surface area contributed by atoms with Crippen molar-refractivity contribution in [3.05, 3.63) is 52.1 Å². The Bertz CT molecular complexity index is 1280. The molecule has 1 spiro atoms. The second kappa shape index (κ2) is 8.85. The number of aromatic nitrogens is 1. The summed E-state index contributed by atoms with van der Waals surface area (Å²) in [7, 11) is 0. The van der Waals surface area contributed by atoms with Crippen molar-refractivity contribution in [2.24, 2.45) is 10.9 Å². The molecule has 3 heterocycles. The lowest BCUT2D eigenvalue weighted by atomic mass is 9.87. The van der Waals surface area contributed by atoms with Gasteiger partial charge in [-0.1, -0.05) is 11.6 Å². The van der Waals surface area contributed by atoms with Crippen LogP contribution < -0.4 is 15.0 Å². The Balaban J connectivity index is 1.24. The zero-order chi connectivity index (χ0) is 25.9. The van der Waals surface area contributed by atoms with Gasteiger partial charge in [0.1, 0.15) is 17.1 Å². The fraction of sp³-hybridized carbons (Fsp3) is 0.500. The predicted octanol–water partition coefficient (Wildman–Crippen LogP) is 5.47. The van der Waals surface area contributed by atoms with Gasteiger partial charge in [0.15, 0.2) is 11.6 Å². The first-order chi connectivity index (χ1) is 17.6. The highest BCUT2D eigenvalue weighted by atomic mass is 35.5. The summed E-state index contributed by atoms with van der Waals surface area (Å²) in [6, 6.07) is 5.19. The minimum Gasteiger partial charge on any atom is -0.488 e. The maximum atomic E-state index is 14.7. The maximum Gasteiger partial charge on any atom is 0.433 e. The molecule has 0 atom stereocenters. The van der Waals surface area contributed by atoms with Crippen molar-refractivity contribution in [1.82, 2.24) is 10.3 Å². The van der Waals surface area contributed by atoms with E-state index >= 15 is 0 Å². The molecule has 0 radical (unpaired) electrons. The van der Waals surface area contributed by atoms with E-state index in [0.717, 1.165) is 31.7 Å². The Hall–Kier alpha value is -2.88. The molecule has 2 saturated carbocycles. The van der Waals surface area contributed by atoms with Crippen molar-refractivity contribution in [1.29, 1.82) is 0 Å². The van der Waals surface area contributed by atoms with Crippen molar-refractivity contribution in [2.75, 3.05) is 24.6 Å². The van der Waals surface area contributed by atoms with Crippen LogP contribution >= 0.6 is 11.6 Å². The molecule has 6 rings (SSSR count). The lowest BCUT2D eigenvalue weighted by Crippen LogP contribution is -2.49. The standard InChI is InChI=1S/C26H25ClF4N4O2/c27-16-11-18(28)22(37-13-14-1-2-14)19(12-16)35-9-7-25(8-10-35)24(36)33-23(34-25)17-5-6-20(26(29,30)31)32-21(17)15-3-4-15/h5-6,11-12,14-15H,1-4,7-10,13H2,(H,33,34,36). The zero-order valence-corrected chi connectivity index (χ0v) is 20.6. The first-order valence-electron chi connectivity index (χ1n) is 12.5. The van der Waals surface area contributed by atoms with Gasteiger partial charge in [0.2, 0.25) is 0 Å². The highest BCUT2D eigenvalue weighted by molar-refractivity contribution is 6.31. The van der Waals surface area contributed by atoms with Crippen LogP contribution in [0, 0.1) is 11.7 Å². The molecular formula is C26H25ClF4N4O2. The van der Waals surface area contributed by atoms with E-state index in [4.69, 9.17) is 21.3 Å². The number of ether oxygens (including phenoxy) is 1. The van der Waals surface area contributed by atoms with Gasteiger partial charge in [-0.15, -0.1) is 0 Å². The molecule has 0 bridgehead atoms. The number of hydrogen-bond acceptors (Lipinski definition) is 5. The van der Waals surface area contributed by atoms with Gasteiger partial charge >= 0.3 is 6.18 Å². The SMILES string of the molecule is O=C1NC(c2ccc(C(F)(F)F)nc2C2CC2)=NC12CCN(c1cc(Cl)cc(F)c1OCC1CC1)CC2. The summed E-state index contributed by atoms with van der Waals surface area (Å²) in [4.78, 5) is 23.7. The molecule has 196 valence electrons. The number of anilines is 1. The fourth-order valence-electron chi connectivity index (χ4n) is 5.01. The van der Waals surface area contributed by atoms with E-state index in [9.17, 15) is 22.4 Å². The van der Waals surface area contributed by atoms with E-state index < -0.39 is 23.2 Å². The summed E-state index contributed by atoms with van der Waals surface area (Å²) in [6.07, 6.45) is -0.186. The number of amidine groups is 1. The molecule has 1 amide bonds. The number of carbonyl (C=O) groups excluding carboxylic acids is 1. The Morgan fingerprint density at radius 3 is 2.51 bits per heavy atom. The molecule has 1 aromatic heterocycles. The predicted molar refractivity (Wildman–Crippen MR) is 130 cm³/mol. The van der Waals surface area contributed by atoms with E-state index in [2.05, 4.69) is 10.3 Å². The van der Waals surface area contributed by atoms with Crippen LogP contribution in [0.1, 0.15) is 61.4 Å². The van der Waals surface area contributed by atoms with E-state index in [1.54, 1.807) is 6.07 Å². The number of nitrogens with zero attached hydrogens (tertiary/aromatic N) is 3. The van der Waals surface area contributed by atoms with Crippen molar-refractivity contribution < 1.29 is 27.1 Å². The number of rotatable bonds is 6. The Labute approximate surface area is 216 Å². The molecular weight excluding hydrogens is 512 g/mol. The molecule has 0 unspecified atom stereocenters. The lowest BCUT2D eigenvalue weighted by molar-refractivity contribution is -0.141. The Morgan fingerprint density at radius 2 is 1.86 bits per heavy atom. The van der Waals surface area contributed by atoms with Crippen molar-refractivity contribution >= 4 is 29.0 Å². The van der Waals surface area contributed by atoms with Gasteiger partial charge in [-0.25, -0.2) is 9.37 Å². The molecule has 1 aromatic carbocycles. The van der Waals surface area contributed by atoms with Crippen LogP contribution in [0.4, 0.5) is 23.2 Å². The minimum absolute atomic E-state index is 0.0675. The summed E-state index contributed by atoms with van der Waals surface area (Å²) >= 11 is 6.15. The topological polar surface area (TPSA) is 66.8 Å². The molecule has 6 nitrogen and oxygen atoms in total. The molecule has 2 aliphatic carbocycles. The number of nitrogens with one attached hydrogen (secondary N) is 1. The van der Waals surface area contributed by atoms with Gasteiger partial charge < -0.3 is 15.0 Å². The molecule has 11 heteroatoms. The third-order valence-corrected chi connectivity index (χ3v) is 7.71. The largest absolute Gasteiger partial charge is 0.488 e. The third-order valence-electron chi connectivity index (χ3n) is 7.50. The van der Waals surface area contributed by atoms with E-state index in [1.165, 1.54) is 12.1 Å². The maximum absolute atomic E-state index is 14.7. The number of alkyl halides is 3. The van der Waals surface area contributed by atoms with Crippen LogP contribution in [0.2, 0.25) is 5.02 Å². The number of piperidine rings is 1. The highest BCUT2D eigenvalue weighted by Crippen LogP contribution is 2.44. The Kier molecular flexibility index (Phi) is 5.85. The first kappa shape index (κ1) is 24.5. The first-order valence-corrected chi connectivity index (χ1v) is 12.9. The van der Waals surface area contributed by atoms with E-state index in [1.807, 2.05) is 4.90 Å². The molecule has 37 heavy (non-hydrogen) atoms. The van der Waals surface area contributed by atoms with Gasteiger partial charge in [-0.2, -0.15) is 13.2 Å². The van der Waals surface area contributed by atoms with Crippen LogP contribution in [0.15, 0.2) is 29.3 Å². The zero-order valence-electron chi connectivity index (χ0n) is 19.9. The van der Waals surface area contributed by atoms with Crippen molar-refractivity contribution in [2.45, 2.75) is 56.2 Å². The molecule has 1 N–H and O–H groups in total.